The lowest BCUT2D eigenvalue weighted by atomic mass is 10.1. The van der Waals surface area contributed by atoms with Crippen LogP contribution in [0.15, 0.2) is 11.1 Å². The van der Waals surface area contributed by atoms with Gasteiger partial charge in [-0.25, -0.2) is 9.37 Å². The summed E-state index contributed by atoms with van der Waals surface area (Å²) < 4.78 is 13.4. The van der Waals surface area contributed by atoms with Gasteiger partial charge < -0.3 is 15.3 Å². The summed E-state index contributed by atoms with van der Waals surface area (Å²) >= 11 is 1.61. The summed E-state index contributed by atoms with van der Waals surface area (Å²) in [5, 5.41) is 13.3. The molecule has 0 radical (unpaired) electrons. The second-order valence-electron chi connectivity index (χ2n) is 5.68. The second-order valence-corrected chi connectivity index (χ2v) is 6.60. The standard InChI is InChI=1S/C15H21FN4OS/c1-9(21)12-7-10-8-17-15(22-2)19-13(10)14(18-12)20-5-3-11(16)4-6-20/h7-9,11,15,19,21H,3-6H2,1-2H3/t9-,15?/m1/s1. The Bertz CT molecular complexity index is 573. The zero-order valence-electron chi connectivity index (χ0n) is 12.8. The fourth-order valence-corrected chi connectivity index (χ4v) is 3.17. The number of alkyl halides is 1. The maximum atomic E-state index is 13.4. The van der Waals surface area contributed by atoms with Crippen LogP contribution in [0.1, 0.15) is 37.1 Å². The van der Waals surface area contributed by atoms with Crippen molar-refractivity contribution in [1.82, 2.24) is 4.98 Å². The summed E-state index contributed by atoms with van der Waals surface area (Å²) in [6.45, 7) is 2.99. The third kappa shape index (κ3) is 3.05. The number of thioether (sulfide) groups is 1. The van der Waals surface area contributed by atoms with Crippen molar-refractivity contribution in [3.63, 3.8) is 0 Å². The number of fused-ring (bicyclic) bond motifs is 1. The first-order chi connectivity index (χ1) is 10.6. The first-order valence-electron chi connectivity index (χ1n) is 7.53. The lowest BCUT2D eigenvalue weighted by Crippen LogP contribution is -2.36. The number of pyridine rings is 1. The predicted octanol–water partition coefficient (Wildman–Crippen LogP) is 2.56. The minimum absolute atomic E-state index is 0.0378. The largest absolute Gasteiger partial charge is 0.387 e. The molecule has 2 atom stereocenters. The SMILES string of the molecule is CSC1N=Cc2cc([C@@H](C)O)nc(N3CCC(F)CC3)c2N1. The van der Waals surface area contributed by atoms with Crippen LogP contribution >= 0.6 is 11.8 Å². The summed E-state index contributed by atoms with van der Waals surface area (Å²) in [7, 11) is 0. The molecular weight excluding hydrogens is 303 g/mol. The van der Waals surface area contributed by atoms with Crippen molar-refractivity contribution in [3.8, 4) is 0 Å². The van der Waals surface area contributed by atoms with Crippen LogP contribution in [-0.2, 0) is 0 Å². The number of aliphatic imine (C=N–C) groups is 1. The van der Waals surface area contributed by atoms with Crippen molar-refractivity contribution >= 4 is 29.5 Å². The molecule has 3 rings (SSSR count). The average molecular weight is 324 g/mol. The molecule has 0 saturated carbocycles. The molecule has 1 unspecified atom stereocenters. The van der Waals surface area contributed by atoms with E-state index in [9.17, 15) is 9.50 Å². The number of anilines is 2. The number of piperidine rings is 1. The molecule has 0 aromatic carbocycles. The van der Waals surface area contributed by atoms with Crippen molar-refractivity contribution in [2.75, 3.05) is 29.6 Å². The molecular formula is C15H21FN4OS. The molecule has 2 aliphatic heterocycles. The van der Waals surface area contributed by atoms with E-state index in [4.69, 9.17) is 0 Å². The van der Waals surface area contributed by atoms with Gasteiger partial charge in [-0.15, -0.1) is 11.8 Å². The van der Waals surface area contributed by atoms with Gasteiger partial charge >= 0.3 is 0 Å². The van der Waals surface area contributed by atoms with Gasteiger partial charge in [0.2, 0.25) is 0 Å². The number of aromatic nitrogens is 1. The molecule has 120 valence electrons. The summed E-state index contributed by atoms with van der Waals surface area (Å²) in [5.74, 6) is 0.797. The first-order valence-corrected chi connectivity index (χ1v) is 8.82. The van der Waals surface area contributed by atoms with Crippen LogP contribution in [0.4, 0.5) is 15.9 Å². The Balaban J connectivity index is 2.00. The fourth-order valence-electron chi connectivity index (χ4n) is 2.75. The molecule has 1 aromatic rings. The monoisotopic (exact) mass is 324 g/mol. The van der Waals surface area contributed by atoms with Gasteiger partial charge in [0.1, 0.15) is 6.17 Å². The van der Waals surface area contributed by atoms with Crippen LogP contribution < -0.4 is 10.2 Å². The molecule has 7 heteroatoms. The van der Waals surface area contributed by atoms with Gasteiger partial charge in [-0.3, -0.25) is 4.99 Å². The third-order valence-electron chi connectivity index (χ3n) is 4.04. The number of nitrogens with zero attached hydrogens (tertiary/aromatic N) is 3. The van der Waals surface area contributed by atoms with Gasteiger partial charge in [0.15, 0.2) is 11.3 Å². The summed E-state index contributed by atoms with van der Waals surface area (Å²) in [5.41, 5.74) is 2.43. The molecule has 1 saturated heterocycles. The smallest absolute Gasteiger partial charge is 0.166 e. The normalized spacial score (nSPS) is 23.1. The van der Waals surface area contributed by atoms with E-state index in [2.05, 4.69) is 20.2 Å². The zero-order valence-corrected chi connectivity index (χ0v) is 13.6. The first kappa shape index (κ1) is 15.6. The van der Waals surface area contributed by atoms with Crippen LogP contribution in [0, 0.1) is 0 Å². The van der Waals surface area contributed by atoms with E-state index in [0.29, 0.717) is 31.6 Å². The molecule has 0 spiro atoms. The molecule has 0 bridgehead atoms. The Labute approximate surface area is 134 Å². The van der Waals surface area contributed by atoms with E-state index in [-0.39, 0.29) is 5.50 Å². The molecule has 1 aromatic heterocycles. The number of aliphatic hydroxyl groups excluding tert-OH is 1. The number of rotatable bonds is 3. The maximum absolute atomic E-state index is 13.4. The van der Waals surface area contributed by atoms with Crippen molar-refractivity contribution in [2.45, 2.75) is 37.5 Å². The van der Waals surface area contributed by atoms with Gasteiger partial charge in [-0.1, -0.05) is 0 Å². The Hall–Kier alpha value is -1.34. The molecule has 2 aliphatic rings. The quantitative estimate of drug-likeness (QED) is 0.895. The summed E-state index contributed by atoms with van der Waals surface area (Å²) in [6.07, 6.45) is 3.50. The summed E-state index contributed by atoms with van der Waals surface area (Å²) in [6, 6.07) is 1.86. The zero-order chi connectivity index (χ0) is 15.7. The van der Waals surface area contributed by atoms with Gasteiger partial charge in [0.25, 0.3) is 0 Å². The Morgan fingerprint density at radius 1 is 1.45 bits per heavy atom. The van der Waals surface area contributed by atoms with Crippen molar-refractivity contribution in [1.29, 1.82) is 0 Å². The van der Waals surface area contributed by atoms with Crippen LogP contribution in [-0.4, -0.2) is 47.3 Å². The van der Waals surface area contributed by atoms with E-state index in [1.165, 1.54) is 0 Å². The van der Waals surface area contributed by atoms with Crippen LogP contribution in [0.25, 0.3) is 0 Å². The highest BCUT2D eigenvalue weighted by atomic mass is 32.2. The van der Waals surface area contributed by atoms with Crippen molar-refractivity contribution < 1.29 is 9.50 Å². The average Bonchev–Trinajstić information content (AvgIpc) is 2.54. The number of halogens is 1. The third-order valence-corrected chi connectivity index (χ3v) is 4.73. The lowest BCUT2D eigenvalue weighted by molar-refractivity contribution is 0.194. The number of nitrogens with one attached hydrogen (secondary N) is 1. The molecule has 3 heterocycles. The van der Waals surface area contributed by atoms with Gasteiger partial charge in [0, 0.05) is 24.9 Å². The Kier molecular flexibility index (Phi) is 4.54. The topological polar surface area (TPSA) is 60.8 Å². The number of hydrogen-bond acceptors (Lipinski definition) is 6. The summed E-state index contributed by atoms with van der Waals surface area (Å²) in [4.78, 5) is 11.2. The Morgan fingerprint density at radius 2 is 2.18 bits per heavy atom. The van der Waals surface area contributed by atoms with Crippen LogP contribution in [0.2, 0.25) is 0 Å². The van der Waals surface area contributed by atoms with Crippen LogP contribution in [0.5, 0.6) is 0 Å². The molecule has 2 N–H and O–H groups in total. The fraction of sp³-hybridized carbons (Fsp3) is 0.600. The Morgan fingerprint density at radius 3 is 2.82 bits per heavy atom. The molecule has 5 nitrogen and oxygen atoms in total. The van der Waals surface area contributed by atoms with Crippen molar-refractivity contribution in [3.05, 3.63) is 17.3 Å². The van der Waals surface area contributed by atoms with E-state index in [1.807, 2.05) is 18.5 Å². The van der Waals surface area contributed by atoms with Crippen molar-refractivity contribution in [2.24, 2.45) is 4.99 Å². The molecule has 0 amide bonds. The number of aliphatic hydroxyl groups is 1. The van der Waals surface area contributed by atoms with Crippen LogP contribution in [0.3, 0.4) is 0 Å². The minimum atomic E-state index is -0.722. The molecule has 22 heavy (non-hydrogen) atoms. The highest BCUT2D eigenvalue weighted by Gasteiger charge is 2.26. The highest BCUT2D eigenvalue weighted by molar-refractivity contribution is 7.99. The van der Waals surface area contributed by atoms with Gasteiger partial charge in [-0.05, 0) is 32.1 Å². The van der Waals surface area contributed by atoms with E-state index in [0.717, 1.165) is 17.1 Å². The maximum Gasteiger partial charge on any atom is 0.166 e. The van der Waals surface area contributed by atoms with E-state index in [1.54, 1.807) is 18.7 Å². The molecule has 0 aliphatic carbocycles. The molecule has 1 fully saturated rings. The van der Waals surface area contributed by atoms with Gasteiger partial charge in [0.05, 0.1) is 17.5 Å². The van der Waals surface area contributed by atoms with E-state index < -0.39 is 12.3 Å². The minimum Gasteiger partial charge on any atom is -0.387 e. The van der Waals surface area contributed by atoms with Gasteiger partial charge in [-0.2, -0.15) is 0 Å². The second kappa shape index (κ2) is 6.42. The highest BCUT2D eigenvalue weighted by Crippen LogP contribution is 2.35. The van der Waals surface area contributed by atoms with E-state index >= 15 is 0 Å². The predicted molar refractivity (Wildman–Crippen MR) is 89.7 cm³/mol. The number of hydrogen-bond donors (Lipinski definition) is 2. The lowest BCUT2D eigenvalue weighted by Gasteiger charge is -2.33.